The van der Waals surface area contributed by atoms with Crippen molar-refractivity contribution in [2.75, 3.05) is 7.11 Å². The van der Waals surface area contributed by atoms with Gasteiger partial charge in [0.1, 0.15) is 11.4 Å². The Balaban J connectivity index is 1.83. The van der Waals surface area contributed by atoms with Gasteiger partial charge in [-0.25, -0.2) is 4.79 Å². The van der Waals surface area contributed by atoms with E-state index in [1.54, 1.807) is 7.11 Å². The van der Waals surface area contributed by atoms with E-state index in [1.807, 2.05) is 56.0 Å². The molecule has 0 N–H and O–H groups in total. The molecule has 0 aliphatic carbocycles. The fourth-order valence-corrected chi connectivity index (χ4v) is 3.71. The monoisotopic (exact) mass is 367 g/mol. The minimum atomic E-state index is -0.508. The van der Waals surface area contributed by atoms with Crippen molar-refractivity contribution in [2.24, 2.45) is 0 Å². The van der Waals surface area contributed by atoms with Crippen molar-refractivity contribution in [3.63, 3.8) is 0 Å². The maximum Gasteiger partial charge on any atom is 0.411 e. The Morgan fingerprint density at radius 2 is 1.70 bits per heavy atom. The summed E-state index contributed by atoms with van der Waals surface area (Å²) in [6.07, 6.45) is 2.49. The average molecular weight is 367 g/mol. The molecule has 0 bridgehead atoms. The Bertz CT molecular complexity index is 749. The number of amides is 1. The van der Waals surface area contributed by atoms with Crippen molar-refractivity contribution in [3.8, 4) is 5.75 Å². The van der Waals surface area contributed by atoms with Crippen LogP contribution in [0.5, 0.6) is 5.75 Å². The highest BCUT2D eigenvalue weighted by atomic mass is 16.6. The van der Waals surface area contributed by atoms with Crippen LogP contribution in [0.25, 0.3) is 0 Å². The fourth-order valence-electron chi connectivity index (χ4n) is 3.71. The Kier molecular flexibility index (Phi) is 5.73. The first kappa shape index (κ1) is 19.3. The zero-order valence-electron chi connectivity index (χ0n) is 16.6. The third kappa shape index (κ3) is 4.82. The van der Waals surface area contributed by atoms with E-state index in [9.17, 15) is 4.79 Å². The van der Waals surface area contributed by atoms with Gasteiger partial charge in [0.05, 0.1) is 13.2 Å². The predicted molar refractivity (Wildman–Crippen MR) is 107 cm³/mol. The van der Waals surface area contributed by atoms with Gasteiger partial charge in [0, 0.05) is 6.04 Å². The van der Waals surface area contributed by atoms with E-state index in [0.29, 0.717) is 0 Å². The molecule has 0 saturated carbocycles. The molecule has 27 heavy (non-hydrogen) atoms. The van der Waals surface area contributed by atoms with Gasteiger partial charge in [0.25, 0.3) is 0 Å². The number of carbonyl (C=O) groups is 1. The number of hydrogen-bond donors (Lipinski definition) is 0. The second kappa shape index (κ2) is 8.03. The lowest BCUT2D eigenvalue weighted by molar-refractivity contribution is 0.0144. The summed E-state index contributed by atoms with van der Waals surface area (Å²) in [5, 5.41) is 0. The zero-order valence-corrected chi connectivity index (χ0v) is 16.6. The van der Waals surface area contributed by atoms with Gasteiger partial charge in [-0.1, -0.05) is 42.5 Å². The first-order valence-electron chi connectivity index (χ1n) is 9.56. The van der Waals surface area contributed by atoms with Crippen LogP contribution in [0.15, 0.2) is 54.6 Å². The summed E-state index contributed by atoms with van der Waals surface area (Å²) in [5.74, 6) is 0.844. The number of nitrogens with zero attached hydrogens (tertiary/aromatic N) is 1. The minimum Gasteiger partial charge on any atom is -0.497 e. The smallest absolute Gasteiger partial charge is 0.411 e. The van der Waals surface area contributed by atoms with Crippen molar-refractivity contribution >= 4 is 6.09 Å². The maximum atomic E-state index is 13.0. The molecule has 3 rings (SSSR count). The number of hydrogen-bond acceptors (Lipinski definition) is 3. The molecule has 144 valence electrons. The van der Waals surface area contributed by atoms with Gasteiger partial charge in [-0.3, -0.25) is 4.90 Å². The van der Waals surface area contributed by atoms with Gasteiger partial charge in [-0.05, 0) is 63.3 Å². The van der Waals surface area contributed by atoms with Gasteiger partial charge in [0.2, 0.25) is 0 Å². The van der Waals surface area contributed by atoms with Crippen LogP contribution in [0.3, 0.4) is 0 Å². The number of likely N-dealkylation sites (tertiary alicyclic amines) is 1. The Morgan fingerprint density at radius 3 is 2.30 bits per heavy atom. The number of ether oxygens (including phenoxy) is 2. The van der Waals surface area contributed by atoms with E-state index in [4.69, 9.17) is 9.47 Å². The van der Waals surface area contributed by atoms with E-state index in [1.165, 1.54) is 11.1 Å². The Morgan fingerprint density at radius 1 is 1.04 bits per heavy atom. The highest BCUT2D eigenvalue weighted by molar-refractivity contribution is 5.70. The Hall–Kier alpha value is -2.49. The van der Waals surface area contributed by atoms with Crippen LogP contribution in [0.2, 0.25) is 0 Å². The summed E-state index contributed by atoms with van der Waals surface area (Å²) >= 11 is 0. The van der Waals surface area contributed by atoms with Crippen molar-refractivity contribution in [1.82, 2.24) is 4.90 Å². The lowest BCUT2D eigenvalue weighted by atomic mass is 10.0. The van der Waals surface area contributed by atoms with Crippen LogP contribution in [0, 0.1) is 0 Å². The number of benzene rings is 2. The van der Waals surface area contributed by atoms with Crippen LogP contribution in [0.1, 0.15) is 50.8 Å². The van der Waals surface area contributed by atoms with Gasteiger partial charge in [-0.2, -0.15) is 0 Å². The topological polar surface area (TPSA) is 38.8 Å². The number of methoxy groups -OCH3 is 1. The lowest BCUT2D eigenvalue weighted by Gasteiger charge is -2.33. The van der Waals surface area contributed by atoms with Crippen molar-refractivity contribution in [3.05, 3.63) is 65.7 Å². The fraction of sp³-hybridized carbons (Fsp3) is 0.435. The van der Waals surface area contributed by atoms with Crippen LogP contribution >= 0.6 is 0 Å². The molecule has 1 fully saturated rings. The van der Waals surface area contributed by atoms with Gasteiger partial charge in [0.15, 0.2) is 0 Å². The van der Waals surface area contributed by atoms with Crippen LogP contribution in [-0.4, -0.2) is 29.7 Å². The van der Waals surface area contributed by atoms with E-state index < -0.39 is 5.60 Å². The summed E-state index contributed by atoms with van der Waals surface area (Å²) in [4.78, 5) is 15.0. The highest BCUT2D eigenvalue weighted by Crippen LogP contribution is 2.38. The summed E-state index contributed by atoms with van der Waals surface area (Å²) in [5.41, 5.74) is 1.86. The van der Waals surface area contributed by atoms with Crippen LogP contribution in [-0.2, 0) is 11.2 Å². The second-order valence-electron chi connectivity index (χ2n) is 8.10. The van der Waals surface area contributed by atoms with Crippen molar-refractivity contribution < 1.29 is 14.3 Å². The SMILES string of the molecule is COc1ccc(C[C@@H]2CC[C@H](c3ccccc3)N2C(=O)OC(C)(C)C)cc1. The predicted octanol–water partition coefficient (Wildman–Crippen LogP) is 5.38. The number of rotatable bonds is 4. The molecule has 1 amide bonds. The third-order valence-corrected chi connectivity index (χ3v) is 4.92. The summed E-state index contributed by atoms with van der Waals surface area (Å²) in [6, 6.07) is 18.5. The molecule has 2 aromatic carbocycles. The summed E-state index contributed by atoms with van der Waals surface area (Å²) < 4.78 is 11.0. The van der Waals surface area contributed by atoms with Gasteiger partial charge >= 0.3 is 6.09 Å². The van der Waals surface area contributed by atoms with Crippen LogP contribution in [0.4, 0.5) is 4.79 Å². The zero-order chi connectivity index (χ0) is 19.4. The molecule has 4 nitrogen and oxygen atoms in total. The average Bonchev–Trinajstić information content (AvgIpc) is 3.05. The Labute approximate surface area is 162 Å². The highest BCUT2D eigenvalue weighted by Gasteiger charge is 2.39. The largest absolute Gasteiger partial charge is 0.497 e. The van der Waals surface area contributed by atoms with E-state index in [-0.39, 0.29) is 18.2 Å². The maximum absolute atomic E-state index is 13.0. The number of carbonyl (C=O) groups excluding carboxylic acids is 1. The molecule has 1 aliphatic heterocycles. The first-order chi connectivity index (χ1) is 12.9. The molecular formula is C23H29NO3. The lowest BCUT2D eigenvalue weighted by Crippen LogP contribution is -2.42. The van der Waals surface area contributed by atoms with Gasteiger partial charge < -0.3 is 9.47 Å². The molecule has 0 unspecified atom stereocenters. The molecule has 0 radical (unpaired) electrons. The van der Waals surface area contributed by atoms with Crippen LogP contribution < -0.4 is 4.74 Å². The molecule has 0 spiro atoms. The molecular weight excluding hydrogens is 338 g/mol. The molecule has 2 atom stereocenters. The van der Waals surface area contributed by atoms with E-state index in [0.717, 1.165) is 25.0 Å². The van der Waals surface area contributed by atoms with Crippen molar-refractivity contribution in [1.29, 1.82) is 0 Å². The quantitative estimate of drug-likeness (QED) is 0.728. The van der Waals surface area contributed by atoms with Gasteiger partial charge in [-0.15, -0.1) is 0 Å². The summed E-state index contributed by atoms with van der Waals surface area (Å²) in [7, 11) is 1.67. The van der Waals surface area contributed by atoms with E-state index >= 15 is 0 Å². The molecule has 1 saturated heterocycles. The molecule has 1 aliphatic rings. The molecule has 0 aromatic heterocycles. The molecule has 1 heterocycles. The van der Waals surface area contributed by atoms with E-state index in [2.05, 4.69) is 24.3 Å². The standard InChI is InChI=1S/C23H29NO3/c1-23(2,3)27-22(25)24-19(16-17-10-13-20(26-4)14-11-17)12-15-21(24)18-8-6-5-7-9-18/h5-11,13-14,19,21H,12,15-16H2,1-4H3/t19-,21+/m0/s1. The first-order valence-corrected chi connectivity index (χ1v) is 9.56. The molecule has 4 heteroatoms. The summed E-state index contributed by atoms with van der Waals surface area (Å²) in [6.45, 7) is 5.74. The third-order valence-electron chi connectivity index (χ3n) is 4.92. The van der Waals surface area contributed by atoms with Crippen molar-refractivity contribution in [2.45, 2.75) is 57.7 Å². The second-order valence-corrected chi connectivity index (χ2v) is 8.10. The normalized spacial score (nSPS) is 19.8. The molecule has 2 aromatic rings. The minimum absolute atomic E-state index is 0.0595.